The first kappa shape index (κ1) is 12.9. The van der Waals surface area contributed by atoms with E-state index < -0.39 is 0 Å². The second-order valence-corrected chi connectivity index (χ2v) is 4.10. The Kier molecular flexibility index (Phi) is 3.98. The van der Waals surface area contributed by atoms with Gasteiger partial charge >= 0.3 is 0 Å². The fraction of sp³-hybridized carbons (Fsp3) is 0.0625. The second-order valence-electron chi connectivity index (χ2n) is 4.10. The number of nitrogens with two attached hydrogens (primary N) is 1. The van der Waals surface area contributed by atoms with Crippen molar-refractivity contribution in [3.05, 3.63) is 65.7 Å². The van der Waals surface area contributed by atoms with E-state index in [2.05, 4.69) is 0 Å². The van der Waals surface area contributed by atoms with Gasteiger partial charge in [-0.25, -0.2) is 0 Å². The van der Waals surface area contributed by atoms with Crippen molar-refractivity contribution in [1.29, 1.82) is 0 Å². The van der Waals surface area contributed by atoms with Crippen LogP contribution in [0.5, 0.6) is 5.75 Å². The molecule has 0 aromatic heterocycles. The van der Waals surface area contributed by atoms with Gasteiger partial charge in [-0.15, -0.1) is 0 Å². The third-order valence-corrected chi connectivity index (χ3v) is 2.71. The molecule has 0 saturated carbocycles. The molecule has 0 aliphatic carbocycles. The molecular formula is C16H15NO2. The van der Waals surface area contributed by atoms with E-state index in [4.69, 9.17) is 10.5 Å². The van der Waals surface area contributed by atoms with Crippen LogP contribution in [-0.2, 0) is 0 Å². The molecule has 0 fully saturated rings. The molecule has 2 rings (SSSR count). The summed E-state index contributed by atoms with van der Waals surface area (Å²) in [6, 6.07) is 14.4. The minimum absolute atomic E-state index is 0.0509. The summed E-state index contributed by atoms with van der Waals surface area (Å²) in [5, 5.41) is 0. The van der Waals surface area contributed by atoms with Gasteiger partial charge in [-0.1, -0.05) is 18.2 Å². The number of hydrogen-bond acceptors (Lipinski definition) is 3. The molecule has 96 valence electrons. The average Bonchev–Trinajstić information content (AvgIpc) is 2.45. The third-order valence-electron chi connectivity index (χ3n) is 2.71. The van der Waals surface area contributed by atoms with Crippen molar-refractivity contribution in [1.82, 2.24) is 0 Å². The van der Waals surface area contributed by atoms with Gasteiger partial charge in [0.15, 0.2) is 5.78 Å². The number of carbonyl (C=O) groups is 1. The number of hydrogen-bond donors (Lipinski definition) is 1. The molecule has 2 N–H and O–H groups in total. The molecule has 0 aliphatic rings. The van der Waals surface area contributed by atoms with Crippen molar-refractivity contribution in [3.63, 3.8) is 0 Å². The highest BCUT2D eigenvalue weighted by atomic mass is 16.5. The first-order chi connectivity index (χ1) is 9.19. The number of anilines is 1. The molecule has 2 aromatic rings. The van der Waals surface area contributed by atoms with E-state index in [1.54, 1.807) is 37.5 Å². The molecule has 0 atom stereocenters. The topological polar surface area (TPSA) is 52.3 Å². The van der Waals surface area contributed by atoms with E-state index in [-0.39, 0.29) is 5.78 Å². The molecule has 0 bridgehead atoms. The fourth-order valence-corrected chi connectivity index (χ4v) is 1.69. The Labute approximate surface area is 112 Å². The van der Waals surface area contributed by atoms with Crippen molar-refractivity contribution in [2.45, 2.75) is 0 Å². The quantitative estimate of drug-likeness (QED) is 0.517. The van der Waals surface area contributed by atoms with Gasteiger partial charge in [0.25, 0.3) is 0 Å². The standard InChI is InChI=1S/C16H15NO2/c1-19-15-8-6-13(7-9-15)16(18)10-5-12-3-2-4-14(17)11-12/h2-11H,17H2,1H3. The maximum Gasteiger partial charge on any atom is 0.185 e. The largest absolute Gasteiger partial charge is 0.497 e. The Morgan fingerprint density at radius 3 is 2.53 bits per heavy atom. The lowest BCUT2D eigenvalue weighted by Crippen LogP contribution is -1.94. The molecule has 2 aromatic carbocycles. The maximum absolute atomic E-state index is 11.9. The van der Waals surface area contributed by atoms with Crippen molar-refractivity contribution in [2.75, 3.05) is 12.8 Å². The van der Waals surface area contributed by atoms with Crippen molar-refractivity contribution < 1.29 is 9.53 Å². The highest BCUT2D eigenvalue weighted by molar-refractivity contribution is 6.06. The summed E-state index contributed by atoms with van der Waals surface area (Å²) in [5.41, 5.74) is 7.89. The molecule has 3 nitrogen and oxygen atoms in total. The number of methoxy groups -OCH3 is 1. The molecule has 0 radical (unpaired) electrons. The Morgan fingerprint density at radius 1 is 1.16 bits per heavy atom. The number of rotatable bonds is 4. The van der Waals surface area contributed by atoms with Gasteiger partial charge in [-0.3, -0.25) is 4.79 Å². The summed E-state index contributed by atoms with van der Waals surface area (Å²) >= 11 is 0. The van der Waals surface area contributed by atoms with Crippen LogP contribution in [0, 0.1) is 0 Å². The maximum atomic E-state index is 11.9. The zero-order valence-corrected chi connectivity index (χ0v) is 10.7. The zero-order valence-electron chi connectivity index (χ0n) is 10.7. The average molecular weight is 253 g/mol. The van der Waals surface area contributed by atoms with Gasteiger partial charge in [0.2, 0.25) is 0 Å². The number of nitrogen functional groups attached to an aromatic ring is 1. The first-order valence-corrected chi connectivity index (χ1v) is 5.91. The van der Waals surface area contributed by atoms with E-state index in [1.807, 2.05) is 24.3 Å². The summed E-state index contributed by atoms with van der Waals surface area (Å²) in [5.74, 6) is 0.682. The van der Waals surface area contributed by atoms with Crippen molar-refractivity contribution in [3.8, 4) is 5.75 Å². The fourth-order valence-electron chi connectivity index (χ4n) is 1.69. The Balaban J connectivity index is 2.11. The van der Waals surface area contributed by atoms with E-state index in [0.717, 1.165) is 11.3 Å². The van der Waals surface area contributed by atoms with Crippen LogP contribution in [0.2, 0.25) is 0 Å². The molecule has 0 spiro atoms. The minimum Gasteiger partial charge on any atom is -0.497 e. The van der Waals surface area contributed by atoms with E-state index in [9.17, 15) is 4.79 Å². The third kappa shape index (κ3) is 3.45. The van der Waals surface area contributed by atoms with Gasteiger partial charge in [0, 0.05) is 11.3 Å². The van der Waals surface area contributed by atoms with Crippen LogP contribution in [0.25, 0.3) is 6.08 Å². The second kappa shape index (κ2) is 5.87. The first-order valence-electron chi connectivity index (χ1n) is 5.91. The van der Waals surface area contributed by atoms with Crippen LogP contribution in [0.1, 0.15) is 15.9 Å². The van der Waals surface area contributed by atoms with Crippen molar-refractivity contribution in [2.24, 2.45) is 0 Å². The number of allylic oxidation sites excluding steroid dienone is 1. The number of ketones is 1. The van der Waals surface area contributed by atoms with Crippen LogP contribution in [0.3, 0.4) is 0 Å². The monoisotopic (exact) mass is 253 g/mol. The molecule has 19 heavy (non-hydrogen) atoms. The lowest BCUT2D eigenvalue weighted by atomic mass is 10.1. The predicted molar refractivity (Wildman–Crippen MR) is 77.2 cm³/mol. The van der Waals surface area contributed by atoms with E-state index >= 15 is 0 Å². The number of ether oxygens (including phenoxy) is 1. The summed E-state index contributed by atoms with van der Waals surface area (Å²) in [6.07, 6.45) is 3.29. The normalized spacial score (nSPS) is 10.6. The summed E-state index contributed by atoms with van der Waals surface area (Å²) in [7, 11) is 1.59. The van der Waals surface area contributed by atoms with Crippen molar-refractivity contribution >= 4 is 17.5 Å². The molecule has 0 saturated heterocycles. The summed E-state index contributed by atoms with van der Waals surface area (Å²) in [6.45, 7) is 0. The smallest absolute Gasteiger partial charge is 0.185 e. The molecule has 0 unspecified atom stereocenters. The number of benzene rings is 2. The van der Waals surface area contributed by atoms with Crippen LogP contribution in [0.15, 0.2) is 54.6 Å². The van der Waals surface area contributed by atoms with E-state index in [0.29, 0.717) is 11.3 Å². The van der Waals surface area contributed by atoms with Gasteiger partial charge in [0.05, 0.1) is 7.11 Å². The molecule has 0 aliphatic heterocycles. The minimum atomic E-state index is -0.0509. The Bertz CT molecular complexity index is 600. The molecule has 0 heterocycles. The van der Waals surface area contributed by atoms with Gasteiger partial charge < -0.3 is 10.5 Å². The predicted octanol–water partition coefficient (Wildman–Crippen LogP) is 3.17. The lowest BCUT2D eigenvalue weighted by molar-refractivity contribution is 0.104. The Morgan fingerprint density at radius 2 is 1.89 bits per heavy atom. The van der Waals surface area contributed by atoms with Gasteiger partial charge in [-0.05, 0) is 48.0 Å². The number of carbonyl (C=O) groups excluding carboxylic acids is 1. The molecule has 0 amide bonds. The summed E-state index contributed by atoms with van der Waals surface area (Å²) < 4.78 is 5.05. The van der Waals surface area contributed by atoms with Crippen LogP contribution in [0.4, 0.5) is 5.69 Å². The highest BCUT2D eigenvalue weighted by Gasteiger charge is 2.01. The van der Waals surface area contributed by atoms with E-state index in [1.165, 1.54) is 6.08 Å². The van der Waals surface area contributed by atoms with Crippen LogP contribution >= 0.6 is 0 Å². The van der Waals surface area contributed by atoms with Crippen LogP contribution < -0.4 is 10.5 Å². The highest BCUT2D eigenvalue weighted by Crippen LogP contribution is 2.13. The molecule has 3 heteroatoms. The van der Waals surface area contributed by atoms with Crippen LogP contribution in [-0.4, -0.2) is 12.9 Å². The summed E-state index contributed by atoms with van der Waals surface area (Å²) in [4.78, 5) is 11.9. The lowest BCUT2D eigenvalue weighted by Gasteiger charge is -2.00. The van der Waals surface area contributed by atoms with Gasteiger partial charge in [-0.2, -0.15) is 0 Å². The molecular weight excluding hydrogens is 238 g/mol. The Hall–Kier alpha value is -2.55. The SMILES string of the molecule is COc1ccc(C(=O)C=Cc2cccc(N)c2)cc1. The zero-order chi connectivity index (χ0) is 13.7. The van der Waals surface area contributed by atoms with Gasteiger partial charge in [0.1, 0.15) is 5.75 Å².